The van der Waals surface area contributed by atoms with Crippen LogP contribution in [0.2, 0.25) is 13.3 Å². The Hall–Kier alpha value is -0.841. The van der Waals surface area contributed by atoms with Gasteiger partial charge < -0.3 is 0 Å². The van der Waals surface area contributed by atoms with Crippen molar-refractivity contribution in [2.45, 2.75) is 79.5 Å². The van der Waals surface area contributed by atoms with Crippen molar-refractivity contribution in [2.75, 3.05) is 0 Å². The maximum absolute atomic E-state index is 5.76. The first-order valence-electron chi connectivity index (χ1n) is 10.1. The van der Waals surface area contributed by atoms with Gasteiger partial charge >= 0.3 is 158 Å². The van der Waals surface area contributed by atoms with Crippen LogP contribution in [-0.4, -0.2) is 28.5 Å². The van der Waals surface area contributed by atoms with E-state index in [-0.39, 0.29) is 0 Å². The van der Waals surface area contributed by atoms with Crippen LogP contribution in [-0.2, 0) is 0 Å². The Morgan fingerprint density at radius 3 is 2.00 bits per heavy atom. The van der Waals surface area contributed by atoms with Crippen molar-refractivity contribution in [1.82, 2.24) is 10.1 Å². The second-order valence-electron chi connectivity index (χ2n) is 7.27. The van der Waals surface area contributed by atoms with E-state index in [1.807, 2.05) is 12.3 Å². The molecule has 0 unspecified atom stereocenters. The summed E-state index contributed by atoms with van der Waals surface area (Å²) in [5.74, 6) is 1.07. The van der Waals surface area contributed by atoms with E-state index in [1.165, 1.54) is 55.4 Å². The summed E-state index contributed by atoms with van der Waals surface area (Å²) in [6, 6.07) is 6.10. The third kappa shape index (κ3) is 5.08. The molecule has 0 N–H and O–H groups in total. The predicted molar refractivity (Wildman–Crippen MR) is 109 cm³/mol. The second kappa shape index (κ2) is 10.3. The molecule has 138 valence electrons. The summed E-state index contributed by atoms with van der Waals surface area (Å²) in [5.41, 5.74) is 2.04. The van der Waals surface area contributed by atoms with Crippen LogP contribution in [0, 0.1) is 6.92 Å². The van der Waals surface area contributed by atoms with Gasteiger partial charge in [-0.2, -0.15) is 0 Å². The average molecular weight is 449 g/mol. The molecule has 2 aromatic heterocycles. The molecule has 4 heteroatoms. The molecule has 2 rings (SSSR count). The van der Waals surface area contributed by atoms with Crippen LogP contribution in [0.4, 0.5) is 0 Å². The van der Waals surface area contributed by atoms with Gasteiger partial charge in [0.1, 0.15) is 0 Å². The van der Waals surface area contributed by atoms with Gasteiger partial charge in [-0.3, -0.25) is 0 Å². The molecule has 2 aromatic rings. The van der Waals surface area contributed by atoms with Gasteiger partial charge in [0, 0.05) is 0 Å². The van der Waals surface area contributed by atoms with Crippen LogP contribution in [0.3, 0.4) is 0 Å². The summed E-state index contributed by atoms with van der Waals surface area (Å²) in [6.45, 7) is 9.08. The average Bonchev–Trinajstić information content (AvgIpc) is 3.04. The molecule has 0 aromatic carbocycles. The topological polar surface area (TPSA) is 38.9 Å². The first-order chi connectivity index (χ1) is 12.2. The van der Waals surface area contributed by atoms with Gasteiger partial charge in [-0.15, -0.1) is 0 Å². The third-order valence-electron chi connectivity index (χ3n) is 5.33. The summed E-state index contributed by atoms with van der Waals surface area (Å²) >= 11 is -2.58. The van der Waals surface area contributed by atoms with E-state index in [9.17, 15) is 0 Å². The number of aromatic nitrogens is 2. The molecule has 0 saturated heterocycles. The third-order valence-corrected chi connectivity index (χ3v) is 21.3. The first kappa shape index (κ1) is 20.5. The van der Waals surface area contributed by atoms with Gasteiger partial charge in [0.15, 0.2) is 0 Å². The Morgan fingerprint density at radius 1 is 0.920 bits per heavy atom. The Bertz CT molecular complexity index is 602. The molecule has 0 fully saturated rings. The number of hydrogen-bond donors (Lipinski definition) is 0. The summed E-state index contributed by atoms with van der Waals surface area (Å²) in [5, 5.41) is 4.49. The van der Waals surface area contributed by atoms with Crippen molar-refractivity contribution in [2.24, 2.45) is 0 Å². The van der Waals surface area contributed by atoms with E-state index >= 15 is 0 Å². The second-order valence-corrected chi connectivity index (χ2v) is 20.3. The van der Waals surface area contributed by atoms with Gasteiger partial charge in [0.25, 0.3) is 0 Å². The minimum absolute atomic E-state index is 0.986. The number of nitrogens with zero attached hydrogens (tertiary/aromatic N) is 2. The maximum atomic E-state index is 5.76. The van der Waals surface area contributed by atoms with Crippen molar-refractivity contribution in [3.05, 3.63) is 30.2 Å². The first-order valence-corrected chi connectivity index (χ1v) is 17.5. The molecule has 0 aliphatic rings. The summed E-state index contributed by atoms with van der Waals surface area (Å²) in [7, 11) is 0. The van der Waals surface area contributed by atoms with Gasteiger partial charge in [0.2, 0.25) is 0 Å². The SMILES string of the molecule is CCC[CH2][Sn]([CH2]CCC)([CH2]CCC)[c]1c(-c2ccccn2)noc1C. The molecule has 0 radical (unpaired) electrons. The normalized spacial score (nSPS) is 11.8. The fourth-order valence-corrected chi connectivity index (χ4v) is 21.3. The molecule has 0 aliphatic heterocycles. The van der Waals surface area contributed by atoms with Gasteiger partial charge in [-0.25, -0.2) is 0 Å². The quantitative estimate of drug-likeness (QED) is 0.389. The fourth-order valence-electron chi connectivity index (χ4n) is 3.97. The molecule has 3 nitrogen and oxygen atoms in total. The summed E-state index contributed by atoms with van der Waals surface area (Å²) < 4.78 is 11.6. The predicted octanol–water partition coefficient (Wildman–Crippen LogP) is 6.10. The summed E-state index contributed by atoms with van der Waals surface area (Å²) in [4.78, 5) is 4.59. The standard InChI is InChI=1S/C9H7N2O.3C4H9.Sn/c1-7-6-9(11-12-7)8-4-2-3-5-10-8;3*1-3-4-2;/h2-5H,1H3;3*1,3-4H2,2H3;. The molecule has 0 atom stereocenters. The van der Waals surface area contributed by atoms with Gasteiger partial charge in [0.05, 0.1) is 0 Å². The van der Waals surface area contributed by atoms with Crippen LogP contribution < -0.4 is 3.58 Å². The number of aryl methyl sites for hydroxylation is 1. The zero-order valence-corrected chi connectivity index (χ0v) is 19.3. The number of rotatable bonds is 11. The number of unbranched alkanes of at least 4 members (excludes halogenated alkanes) is 3. The van der Waals surface area contributed by atoms with Crippen molar-refractivity contribution < 1.29 is 4.52 Å². The van der Waals surface area contributed by atoms with Crippen LogP contribution in [0.5, 0.6) is 0 Å². The minimum atomic E-state index is -2.58. The van der Waals surface area contributed by atoms with Crippen LogP contribution >= 0.6 is 0 Å². The van der Waals surface area contributed by atoms with Gasteiger partial charge in [-0.1, -0.05) is 0 Å². The van der Waals surface area contributed by atoms with Crippen LogP contribution in [0.15, 0.2) is 28.9 Å². The molecular formula is C21H34N2OSn. The number of pyridine rings is 1. The Kier molecular flexibility index (Phi) is 8.47. The van der Waals surface area contributed by atoms with E-state index in [1.54, 1.807) is 0 Å². The monoisotopic (exact) mass is 450 g/mol. The Morgan fingerprint density at radius 2 is 1.52 bits per heavy atom. The summed E-state index contributed by atoms with van der Waals surface area (Å²) in [6.07, 6.45) is 9.73. The molecule has 0 saturated carbocycles. The number of hydrogen-bond acceptors (Lipinski definition) is 3. The molecule has 0 amide bonds. The molecule has 0 bridgehead atoms. The van der Waals surface area contributed by atoms with E-state index < -0.39 is 18.4 Å². The van der Waals surface area contributed by atoms with Crippen LogP contribution in [0.1, 0.15) is 65.1 Å². The van der Waals surface area contributed by atoms with Crippen molar-refractivity contribution in [3.8, 4) is 11.4 Å². The zero-order valence-electron chi connectivity index (χ0n) is 16.5. The molecule has 25 heavy (non-hydrogen) atoms. The van der Waals surface area contributed by atoms with E-state index in [0.717, 1.165) is 17.1 Å². The van der Waals surface area contributed by atoms with Crippen molar-refractivity contribution in [1.29, 1.82) is 0 Å². The molecular weight excluding hydrogens is 415 g/mol. The zero-order chi connectivity index (χ0) is 18.1. The van der Waals surface area contributed by atoms with Crippen LogP contribution in [0.25, 0.3) is 11.4 Å². The van der Waals surface area contributed by atoms with Gasteiger partial charge in [-0.05, 0) is 0 Å². The van der Waals surface area contributed by atoms with Crippen molar-refractivity contribution >= 4 is 22.0 Å². The molecule has 0 aliphatic carbocycles. The Labute approximate surface area is 157 Å². The van der Waals surface area contributed by atoms with E-state index in [0.29, 0.717) is 0 Å². The fraction of sp³-hybridized carbons (Fsp3) is 0.619. The van der Waals surface area contributed by atoms with E-state index in [2.05, 4.69) is 50.0 Å². The van der Waals surface area contributed by atoms with E-state index in [4.69, 9.17) is 4.52 Å². The van der Waals surface area contributed by atoms with Crippen molar-refractivity contribution in [3.63, 3.8) is 0 Å². The Balaban J connectivity index is 2.53. The molecule has 2 heterocycles. The molecule has 0 spiro atoms.